The van der Waals surface area contributed by atoms with Crippen molar-refractivity contribution in [1.29, 1.82) is 0 Å². The number of carbonyl (C=O) groups excluding carboxylic acids is 1. The number of carbonyl (C=O) groups is 1. The lowest BCUT2D eigenvalue weighted by Gasteiger charge is -2.19. The predicted octanol–water partition coefficient (Wildman–Crippen LogP) is 1.72. The molecule has 1 aromatic rings. The Morgan fingerprint density at radius 3 is 2.65 bits per heavy atom. The average Bonchev–Trinajstić information content (AvgIpc) is 2.76. The third kappa shape index (κ3) is 2.86. The van der Waals surface area contributed by atoms with Crippen LogP contribution in [0.2, 0.25) is 0 Å². The van der Waals surface area contributed by atoms with Crippen molar-refractivity contribution in [1.82, 2.24) is 10.6 Å². The molecular weight excluding hydrogens is 212 g/mol. The minimum absolute atomic E-state index is 0.0801. The molecule has 1 aliphatic heterocycles. The molecular formula is C14H20N2O. The number of rotatable bonds is 3. The highest BCUT2D eigenvalue weighted by Crippen LogP contribution is 2.18. The molecule has 0 aliphatic carbocycles. The minimum atomic E-state index is 0.0801. The highest BCUT2D eigenvalue weighted by atomic mass is 16.2. The summed E-state index contributed by atoms with van der Waals surface area (Å²) in [5.41, 5.74) is 1.15. The van der Waals surface area contributed by atoms with E-state index in [1.807, 2.05) is 37.3 Å². The molecule has 1 saturated heterocycles. The highest BCUT2D eigenvalue weighted by molar-refractivity contribution is 5.80. The van der Waals surface area contributed by atoms with Gasteiger partial charge in [0.2, 0.25) is 5.91 Å². The third-order valence-electron chi connectivity index (χ3n) is 3.51. The van der Waals surface area contributed by atoms with Gasteiger partial charge in [-0.05, 0) is 24.9 Å². The van der Waals surface area contributed by atoms with Gasteiger partial charge in [0, 0.05) is 6.54 Å². The molecule has 0 saturated carbocycles. The summed E-state index contributed by atoms with van der Waals surface area (Å²) < 4.78 is 0. The first kappa shape index (κ1) is 12.1. The molecule has 3 atom stereocenters. The number of nitrogens with one attached hydrogen (secondary N) is 2. The number of benzene rings is 1. The molecule has 2 unspecified atom stereocenters. The topological polar surface area (TPSA) is 41.1 Å². The summed E-state index contributed by atoms with van der Waals surface area (Å²) in [5, 5.41) is 6.34. The third-order valence-corrected chi connectivity index (χ3v) is 3.51. The minimum Gasteiger partial charge on any atom is -0.349 e. The Bertz CT molecular complexity index is 377. The van der Waals surface area contributed by atoms with Crippen LogP contribution in [0, 0.1) is 11.8 Å². The maximum Gasteiger partial charge on any atom is 0.225 e. The molecule has 0 spiro atoms. The fourth-order valence-electron chi connectivity index (χ4n) is 2.31. The van der Waals surface area contributed by atoms with E-state index in [1.54, 1.807) is 0 Å². The molecule has 2 N–H and O–H groups in total. The summed E-state index contributed by atoms with van der Waals surface area (Å²) in [5.74, 6) is 0.706. The van der Waals surface area contributed by atoms with Crippen molar-refractivity contribution in [3.8, 4) is 0 Å². The lowest BCUT2D eigenvalue weighted by atomic mass is 9.96. The molecule has 92 valence electrons. The van der Waals surface area contributed by atoms with Crippen LogP contribution in [0.15, 0.2) is 30.3 Å². The van der Waals surface area contributed by atoms with Crippen LogP contribution in [0.1, 0.15) is 25.5 Å². The van der Waals surface area contributed by atoms with Gasteiger partial charge < -0.3 is 10.6 Å². The molecule has 1 heterocycles. The first-order valence-electron chi connectivity index (χ1n) is 6.24. The first-order valence-corrected chi connectivity index (χ1v) is 6.24. The van der Waals surface area contributed by atoms with Crippen molar-refractivity contribution < 1.29 is 4.79 Å². The fraction of sp³-hybridized carbons (Fsp3) is 0.500. The van der Waals surface area contributed by atoms with Gasteiger partial charge in [0.15, 0.2) is 0 Å². The molecule has 0 radical (unpaired) electrons. The summed E-state index contributed by atoms with van der Waals surface area (Å²) in [6, 6.07) is 10.1. The standard InChI is InChI=1S/C14H20N2O/c1-10-8-15-9-13(10)14(17)16-11(2)12-6-4-3-5-7-12/h3-7,10-11,13,15H,8-9H2,1-2H3,(H,16,17)/t10?,11-,13?/m1/s1. The van der Waals surface area contributed by atoms with Crippen LogP contribution in [-0.2, 0) is 4.79 Å². The molecule has 17 heavy (non-hydrogen) atoms. The maximum atomic E-state index is 12.1. The zero-order valence-electron chi connectivity index (χ0n) is 10.4. The van der Waals surface area contributed by atoms with E-state index in [1.165, 1.54) is 0 Å². The van der Waals surface area contributed by atoms with E-state index in [0.29, 0.717) is 5.92 Å². The van der Waals surface area contributed by atoms with Crippen LogP contribution < -0.4 is 10.6 Å². The van der Waals surface area contributed by atoms with Gasteiger partial charge >= 0.3 is 0 Å². The van der Waals surface area contributed by atoms with E-state index in [4.69, 9.17) is 0 Å². The summed E-state index contributed by atoms with van der Waals surface area (Å²) in [6.07, 6.45) is 0. The van der Waals surface area contributed by atoms with E-state index >= 15 is 0 Å². The van der Waals surface area contributed by atoms with Gasteiger partial charge in [0.1, 0.15) is 0 Å². The van der Waals surface area contributed by atoms with Gasteiger partial charge in [-0.2, -0.15) is 0 Å². The van der Waals surface area contributed by atoms with Crippen LogP contribution in [0.5, 0.6) is 0 Å². The van der Waals surface area contributed by atoms with Gasteiger partial charge in [-0.1, -0.05) is 37.3 Å². The summed E-state index contributed by atoms with van der Waals surface area (Å²) in [6.45, 7) is 5.89. The molecule has 1 fully saturated rings. The molecule has 0 bridgehead atoms. The molecule has 2 rings (SSSR count). The summed E-state index contributed by atoms with van der Waals surface area (Å²) in [7, 11) is 0. The van der Waals surface area contributed by atoms with Gasteiger partial charge in [0.25, 0.3) is 0 Å². The molecule has 1 aliphatic rings. The van der Waals surface area contributed by atoms with Crippen molar-refractivity contribution in [3.05, 3.63) is 35.9 Å². The van der Waals surface area contributed by atoms with Gasteiger partial charge in [0.05, 0.1) is 12.0 Å². The quantitative estimate of drug-likeness (QED) is 0.833. The Balaban J connectivity index is 1.95. The lowest BCUT2D eigenvalue weighted by Crippen LogP contribution is -2.35. The number of hydrogen-bond donors (Lipinski definition) is 2. The number of amides is 1. The molecule has 0 aromatic heterocycles. The van der Waals surface area contributed by atoms with E-state index in [0.717, 1.165) is 18.7 Å². The van der Waals surface area contributed by atoms with Crippen molar-refractivity contribution in [2.75, 3.05) is 13.1 Å². The first-order chi connectivity index (χ1) is 8.18. The van der Waals surface area contributed by atoms with Crippen molar-refractivity contribution in [2.45, 2.75) is 19.9 Å². The second-order valence-corrected chi connectivity index (χ2v) is 4.88. The Morgan fingerprint density at radius 2 is 2.06 bits per heavy atom. The second kappa shape index (κ2) is 5.32. The van der Waals surface area contributed by atoms with Gasteiger partial charge in [-0.25, -0.2) is 0 Å². The molecule has 3 nitrogen and oxygen atoms in total. The molecule has 1 aromatic carbocycles. The Labute approximate surface area is 103 Å². The highest BCUT2D eigenvalue weighted by Gasteiger charge is 2.30. The largest absolute Gasteiger partial charge is 0.349 e. The molecule has 1 amide bonds. The zero-order chi connectivity index (χ0) is 12.3. The lowest BCUT2D eigenvalue weighted by molar-refractivity contribution is -0.126. The molecule has 3 heteroatoms. The van der Waals surface area contributed by atoms with E-state index in [9.17, 15) is 4.79 Å². The fourth-order valence-corrected chi connectivity index (χ4v) is 2.31. The van der Waals surface area contributed by atoms with Gasteiger partial charge in [-0.3, -0.25) is 4.79 Å². The maximum absolute atomic E-state index is 12.1. The van der Waals surface area contributed by atoms with Crippen LogP contribution in [0.25, 0.3) is 0 Å². The predicted molar refractivity (Wildman–Crippen MR) is 68.5 cm³/mol. The van der Waals surface area contributed by atoms with Crippen molar-refractivity contribution in [2.24, 2.45) is 11.8 Å². The van der Waals surface area contributed by atoms with E-state index < -0.39 is 0 Å². The summed E-state index contributed by atoms with van der Waals surface area (Å²) in [4.78, 5) is 12.1. The average molecular weight is 232 g/mol. The SMILES string of the molecule is CC1CNCC1C(=O)N[C@H](C)c1ccccc1. The zero-order valence-corrected chi connectivity index (χ0v) is 10.4. The van der Waals surface area contributed by atoms with E-state index in [-0.39, 0.29) is 17.9 Å². The monoisotopic (exact) mass is 232 g/mol. The second-order valence-electron chi connectivity index (χ2n) is 4.88. The van der Waals surface area contributed by atoms with Crippen LogP contribution in [0.3, 0.4) is 0 Å². The summed E-state index contributed by atoms with van der Waals surface area (Å²) >= 11 is 0. The van der Waals surface area contributed by atoms with Crippen molar-refractivity contribution >= 4 is 5.91 Å². The van der Waals surface area contributed by atoms with E-state index in [2.05, 4.69) is 17.6 Å². The van der Waals surface area contributed by atoms with Crippen molar-refractivity contribution in [3.63, 3.8) is 0 Å². The number of hydrogen-bond acceptors (Lipinski definition) is 2. The van der Waals surface area contributed by atoms with Gasteiger partial charge in [-0.15, -0.1) is 0 Å². The normalized spacial score (nSPS) is 25.5. The van der Waals surface area contributed by atoms with Crippen LogP contribution >= 0.6 is 0 Å². The Kier molecular flexibility index (Phi) is 3.79. The van der Waals surface area contributed by atoms with Crippen LogP contribution in [0.4, 0.5) is 0 Å². The van der Waals surface area contributed by atoms with Crippen LogP contribution in [-0.4, -0.2) is 19.0 Å². The Morgan fingerprint density at radius 1 is 1.35 bits per heavy atom. The Hall–Kier alpha value is -1.35. The smallest absolute Gasteiger partial charge is 0.225 e.